The average Bonchev–Trinajstić information content (AvgIpc) is 2.51. The van der Waals surface area contributed by atoms with Crippen molar-refractivity contribution in [3.8, 4) is 0 Å². The van der Waals surface area contributed by atoms with Crippen LogP contribution in [0.3, 0.4) is 0 Å². The topological polar surface area (TPSA) is 0 Å². The van der Waals surface area contributed by atoms with Crippen molar-refractivity contribution < 1.29 is 0 Å². The summed E-state index contributed by atoms with van der Waals surface area (Å²) in [6.07, 6.45) is 13.4. The Morgan fingerprint density at radius 3 is 2.00 bits per heavy atom. The second-order valence-electron chi connectivity index (χ2n) is 7.35. The molecule has 2 aliphatic rings. The fourth-order valence-corrected chi connectivity index (χ4v) is 4.55. The van der Waals surface area contributed by atoms with Crippen LogP contribution in [0.5, 0.6) is 0 Å². The highest BCUT2D eigenvalue weighted by atomic mass is 14.3. The normalized spacial score (nSPS) is 28.5. The third-order valence-electron chi connectivity index (χ3n) is 6.09. The van der Waals surface area contributed by atoms with Gasteiger partial charge in [-0.1, -0.05) is 50.3 Å². The number of rotatable bonds is 2. The maximum atomic E-state index is 2.45. The zero-order chi connectivity index (χ0) is 13.9. The van der Waals surface area contributed by atoms with Gasteiger partial charge in [0.15, 0.2) is 0 Å². The van der Waals surface area contributed by atoms with E-state index in [0.717, 1.165) is 17.8 Å². The lowest BCUT2D eigenvalue weighted by Crippen LogP contribution is -2.23. The summed E-state index contributed by atoms with van der Waals surface area (Å²) in [6.45, 7) is 4.48. The van der Waals surface area contributed by atoms with Gasteiger partial charge in [0.1, 0.15) is 0 Å². The van der Waals surface area contributed by atoms with Crippen molar-refractivity contribution in [2.75, 3.05) is 0 Å². The van der Waals surface area contributed by atoms with E-state index in [1.807, 2.05) is 0 Å². The molecule has 0 N–H and O–H groups in total. The Bertz CT molecular complexity index is 431. The van der Waals surface area contributed by atoms with Gasteiger partial charge >= 0.3 is 0 Å². The van der Waals surface area contributed by atoms with E-state index in [0.29, 0.717) is 0 Å². The minimum Gasteiger partial charge on any atom is -0.0588 e. The van der Waals surface area contributed by atoms with Crippen molar-refractivity contribution in [1.29, 1.82) is 0 Å². The molecule has 0 spiro atoms. The van der Waals surface area contributed by atoms with Crippen molar-refractivity contribution >= 4 is 0 Å². The van der Waals surface area contributed by atoms with Gasteiger partial charge in [0, 0.05) is 0 Å². The summed E-state index contributed by atoms with van der Waals surface area (Å²) in [7, 11) is 0. The molecule has 0 atom stereocenters. The highest BCUT2D eigenvalue weighted by molar-refractivity contribution is 5.32. The molecule has 0 amide bonds. The highest BCUT2D eigenvalue weighted by Crippen LogP contribution is 2.43. The quantitative estimate of drug-likeness (QED) is 0.604. The molecule has 0 nitrogen and oxygen atoms in total. The summed E-state index contributed by atoms with van der Waals surface area (Å²) >= 11 is 0. The average molecular weight is 270 g/mol. The Morgan fingerprint density at radius 2 is 1.35 bits per heavy atom. The van der Waals surface area contributed by atoms with Gasteiger partial charge in [-0.05, 0) is 74.0 Å². The minimum atomic E-state index is 0.842. The molecule has 20 heavy (non-hydrogen) atoms. The van der Waals surface area contributed by atoms with Gasteiger partial charge in [-0.2, -0.15) is 0 Å². The second-order valence-corrected chi connectivity index (χ2v) is 7.35. The molecule has 110 valence electrons. The number of hydrogen-bond acceptors (Lipinski definition) is 0. The van der Waals surface area contributed by atoms with Crippen LogP contribution in [0.2, 0.25) is 0 Å². The van der Waals surface area contributed by atoms with Gasteiger partial charge in [-0.3, -0.25) is 0 Å². The molecular weight excluding hydrogens is 240 g/mol. The molecular formula is C20H30. The van der Waals surface area contributed by atoms with Crippen molar-refractivity contribution in [3.05, 3.63) is 34.9 Å². The van der Waals surface area contributed by atoms with Gasteiger partial charge in [0.25, 0.3) is 0 Å². The third-order valence-corrected chi connectivity index (χ3v) is 6.09. The molecule has 3 rings (SSSR count). The highest BCUT2D eigenvalue weighted by Gasteiger charge is 2.28. The molecule has 0 aromatic heterocycles. The number of benzene rings is 1. The minimum absolute atomic E-state index is 0.842. The second kappa shape index (κ2) is 6.33. The van der Waals surface area contributed by atoms with Crippen LogP contribution < -0.4 is 0 Å². The van der Waals surface area contributed by atoms with Crippen molar-refractivity contribution in [1.82, 2.24) is 0 Å². The number of hydrogen-bond donors (Lipinski definition) is 0. The van der Waals surface area contributed by atoms with Crippen LogP contribution in [0.15, 0.2) is 18.2 Å². The van der Waals surface area contributed by atoms with Gasteiger partial charge in [0.05, 0.1) is 0 Å². The summed E-state index contributed by atoms with van der Waals surface area (Å²) in [5.74, 6) is 2.97. The standard InChI is InChI=1S/C20H30/c1-15-8-9-20(14-16(15)2)19-12-10-18(11-13-19)17-6-4-3-5-7-17/h8-9,14,17-19H,3-7,10-13H2,1-2H3. The molecule has 0 saturated heterocycles. The lowest BCUT2D eigenvalue weighted by Gasteiger charge is -2.36. The van der Waals surface area contributed by atoms with Crippen LogP contribution in [0, 0.1) is 25.7 Å². The van der Waals surface area contributed by atoms with E-state index in [1.165, 1.54) is 68.9 Å². The van der Waals surface area contributed by atoms with Gasteiger partial charge < -0.3 is 0 Å². The van der Waals surface area contributed by atoms with E-state index >= 15 is 0 Å². The summed E-state index contributed by atoms with van der Waals surface area (Å²) in [5.41, 5.74) is 4.51. The van der Waals surface area contributed by atoms with Gasteiger partial charge in [-0.25, -0.2) is 0 Å². The molecule has 1 aromatic rings. The zero-order valence-corrected chi connectivity index (χ0v) is 13.3. The van der Waals surface area contributed by atoms with Crippen LogP contribution in [-0.4, -0.2) is 0 Å². The van der Waals surface area contributed by atoms with E-state index < -0.39 is 0 Å². The molecule has 0 bridgehead atoms. The molecule has 2 saturated carbocycles. The SMILES string of the molecule is Cc1ccc(C2CCC(C3CCCCC3)CC2)cc1C. The lowest BCUT2D eigenvalue weighted by molar-refractivity contribution is 0.186. The van der Waals surface area contributed by atoms with E-state index in [1.54, 1.807) is 5.56 Å². The Hall–Kier alpha value is -0.780. The van der Waals surface area contributed by atoms with Crippen molar-refractivity contribution in [2.45, 2.75) is 77.6 Å². The predicted molar refractivity (Wildman–Crippen MR) is 87.2 cm³/mol. The molecule has 0 heterocycles. The number of aryl methyl sites for hydroxylation is 2. The maximum Gasteiger partial charge on any atom is -0.0162 e. The predicted octanol–water partition coefficient (Wildman–Crippen LogP) is 6.16. The Morgan fingerprint density at radius 1 is 0.700 bits per heavy atom. The van der Waals surface area contributed by atoms with E-state index in [4.69, 9.17) is 0 Å². The fourth-order valence-electron chi connectivity index (χ4n) is 4.55. The zero-order valence-electron chi connectivity index (χ0n) is 13.3. The fraction of sp³-hybridized carbons (Fsp3) is 0.700. The Kier molecular flexibility index (Phi) is 4.48. The van der Waals surface area contributed by atoms with Gasteiger partial charge in [-0.15, -0.1) is 0 Å². The third kappa shape index (κ3) is 3.10. The van der Waals surface area contributed by atoms with Crippen LogP contribution in [-0.2, 0) is 0 Å². The van der Waals surface area contributed by atoms with Crippen LogP contribution in [0.4, 0.5) is 0 Å². The maximum absolute atomic E-state index is 2.45. The molecule has 2 aliphatic carbocycles. The molecule has 2 fully saturated rings. The first-order valence-corrected chi connectivity index (χ1v) is 8.81. The van der Waals surface area contributed by atoms with Gasteiger partial charge in [0.2, 0.25) is 0 Å². The van der Waals surface area contributed by atoms with Crippen LogP contribution in [0.25, 0.3) is 0 Å². The Balaban J connectivity index is 1.58. The first-order chi connectivity index (χ1) is 9.74. The Labute approximate surface area is 125 Å². The summed E-state index contributed by atoms with van der Waals surface area (Å²) in [6, 6.07) is 7.15. The molecule has 0 heteroatoms. The largest absolute Gasteiger partial charge is 0.0588 e. The molecule has 1 aromatic carbocycles. The lowest BCUT2D eigenvalue weighted by atomic mass is 9.70. The molecule has 0 radical (unpaired) electrons. The van der Waals surface area contributed by atoms with Crippen LogP contribution >= 0.6 is 0 Å². The summed E-state index contributed by atoms with van der Waals surface area (Å²) < 4.78 is 0. The van der Waals surface area contributed by atoms with Crippen molar-refractivity contribution in [2.24, 2.45) is 11.8 Å². The first kappa shape index (κ1) is 14.2. The van der Waals surface area contributed by atoms with E-state index in [2.05, 4.69) is 32.0 Å². The van der Waals surface area contributed by atoms with Crippen molar-refractivity contribution in [3.63, 3.8) is 0 Å². The molecule has 0 aliphatic heterocycles. The smallest absolute Gasteiger partial charge is 0.0162 e. The first-order valence-electron chi connectivity index (χ1n) is 8.81. The molecule has 0 unspecified atom stereocenters. The monoisotopic (exact) mass is 270 g/mol. The summed E-state index contributed by atoms with van der Waals surface area (Å²) in [5, 5.41) is 0. The van der Waals surface area contributed by atoms with Crippen LogP contribution in [0.1, 0.15) is 80.4 Å². The summed E-state index contributed by atoms with van der Waals surface area (Å²) in [4.78, 5) is 0. The van der Waals surface area contributed by atoms with E-state index in [9.17, 15) is 0 Å². The van der Waals surface area contributed by atoms with E-state index in [-0.39, 0.29) is 0 Å².